The number of thiophene rings is 2. The molecule has 8 heteroatoms. The minimum atomic E-state index is -1.09. The van der Waals surface area contributed by atoms with E-state index in [1.54, 1.807) is 25.4 Å². The number of anilines is 2. The van der Waals surface area contributed by atoms with Crippen molar-refractivity contribution >= 4 is 50.3 Å². The summed E-state index contributed by atoms with van der Waals surface area (Å²) in [5.41, 5.74) is 3.53. The maximum Gasteiger partial charge on any atom is 0.339 e. The average Bonchev–Trinajstić information content (AvgIpc) is 3.26. The smallest absolute Gasteiger partial charge is 0.339 e. The van der Waals surface area contributed by atoms with Crippen LogP contribution in [0.1, 0.15) is 38.1 Å². The summed E-state index contributed by atoms with van der Waals surface area (Å²) in [7, 11) is 1.73. The van der Waals surface area contributed by atoms with Crippen molar-refractivity contribution in [3.63, 3.8) is 0 Å². The van der Waals surface area contributed by atoms with E-state index in [1.165, 1.54) is 22.7 Å². The number of carbonyl (C=O) groups is 2. The first kappa shape index (κ1) is 19.8. The molecule has 0 spiro atoms. The summed E-state index contributed by atoms with van der Waals surface area (Å²) in [6, 6.07) is 9.22. The molecule has 2 heterocycles. The Labute approximate surface area is 170 Å². The van der Waals surface area contributed by atoms with Crippen molar-refractivity contribution in [1.29, 1.82) is 5.41 Å². The van der Waals surface area contributed by atoms with Crippen molar-refractivity contribution in [2.24, 2.45) is 0 Å². The minimum absolute atomic E-state index is 0.0797. The summed E-state index contributed by atoms with van der Waals surface area (Å²) in [5, 5.41) is 26.0. The summed E-state index contributed by atoms with van der Waals surface area (Å²) < 4.78 is 0. The van der Waals surface area contributed by atoms with Gasteiger partial charge in [-0.15, -0.1) is 22.7 Å². The van der Waals surface area contributed by atoms with E-state index in [0.29, 0.717) is 26.7 Å². The molecule has 0 aliphatic carbocycles. The van der Waals surface area contributed by atoms with Crippen molar-refractivity contribution in [2.45, 2.75) is 13.8 Å². The van der Waals surface area contributed by atoms with Crippen LogP contribution in [0.25, 0.3) is 11.1 Å². The Morgan fingerprint density at radius 1 is 1.14 bits per heavy atom. The van der Waals surface area contributed by atoms with E-state index >= 15 is 0 Å². The zero-order valence-corrected chi connectivity index (χ0v) is 17.2. The summed E-state index contributed by atoms with van der Waals surface area (Å²) >= 11 is 2.41. The number of nitrogens with one attached hydrogen (secondary N) is 3. The molecule has 1 amide bonds. The second-order valence-electron chi connectivity index (χ2n) is 6.21. The largest absolute Gasteiger partial charge is 0.478 e. The Morgan fingerprint density at radius 3 is 2.36 bits per heavy atom. The van der Waals surface area contributed by atoms with Gasteiger partial charge in [0.15, 0.2) is 0 Å². The molecular formula is C20H19N3O3S2. The van der Waals surface area contributed by atoms with Crippen LogP contribution >= 0.6 is 22.7 Å². The fourth-order valence-electron chi connectivity index (χ4n) is 2.74. The lowest BCUT2D eigenvalue weighted by Crippen LogP contribution is -2.12. The number of carboxylic acids is 1. The van der Waals surface area contributed by atoms with Crippen LogP contribution in [0.4, 0.5) is 10.0 Å². The van der Waals surface area contributed by atoms with Crippen LogP contribution in [0.5, 0.6) is 0 Å². The zero-order valence-electron chi connectivity index (χ0n) is 15.5. The maximum atomic E-state index is 12.7. The van der Waals surface area contributed by atoms with Crippen molar-refractivity contribution in [3.05, 3.63) is 57.3 Å². The molecule has 1 aromatic carbocycles. The molecule has 0 radical (unpaired) electrons. The van der Waals surface area contributed by atoms with E-state index in [9.17, 15) is 14.7 Å². The molecule has 4 N–H and O–H groups in total. The number of benzene rings is 1. The molecule has 0 unspecified atom stereocenters. The Bertz CT molecular complexity index is 1070. The molecular weight excluding hydrogens is 394 g/mol. The quantitative estimate of drug-likeness (QED) is 0.419. The fourth-order valence-corrected chi connectivity index (χ4v) is 4.66. The summed E-state index contributed by atoms with van der Waals surface area (Å²) in [6.07, 6.45) is 0. The van der Waals surface area contributed by atoms with Gasteiger partial charge in [0.1, 0.15) is 10.6 Å². The van der Waals surface area contributed by atoms with Gasteiger partial charge in [-0.05, 0) is 25.5 Å². The van der Waals surface area contributed by atoms with Gasteiger partial charge < -0.3 is 21.1 Å². The molecule has 0 saturated heterocycles. The molecule has 6 nitrogen and oxygen atoms in total. The van der Waals surface area contributed by atoms with Crippen LogP contribution in [-0.4, -0.2) is 29.7 Å². The van der Waals surface area contributed by atoms with Gasteiger partial charge in [-0.3, -0.25) is 4.79 Å². The third-order valence-corrected chi connectivity index (χ3v) is 6.23. The number of carbonyl (C=O) groups excluding carboxylic acids is 1. The Hall–Kier alpha value is -2.97. The lowest BCUT2D eigenvalue weighted by Gasteiger charge is -2.05. The van der Waals surface area contributed by atoms with E-state index < -0.39 is 11.9 Å². The highest BCUT2D eigenvalue weighted by Gasteiger charge is 2.23. The van der Waals surface area contributed by atoms with Crippen LogP contribution in [0.15, 0.2) is 35.7 Å². The molecule has 3 aromatic rings. The number of aryl methyl sites for hydroxylation is 1. The molecule has 0 aliphatic rings. The topological polar surface area (TPSA) is 102 Å². The van der Waals surface area contributed by atoms with Crippen LogP contribution in [0.2, 0.25) is 0 Å². The van der Waals surface area contributed by atoms with Gasteiger partial charge in [0.2, 0.25) is 0 Å². The Morgan fingerprint density at radius 2 is 1.82 bits per heavy atom. The second kappa shape index (κ2) is 7.95. The summed E-state index contributed by atoms with van der Waals surface area (Å²) in [4.78, 5) is 25.0. The van der Waals surface area contributed by atoms with E-state index in [4.69, 9.17) is 5.41 Å². The first-order valence-electron chi connectivity index (χ1n) is 8.42. The molecule has 28 heavy (non-hydrogen) atoms. The van der Waals surface area contributed by atoms with E-state index in [2.05, 4.69) is 10.6 Å². The predicted molar refractivity (Wildman–Crippen MR) is 116 cm³/mol. The van der Waals surface area contributed by atoms with Crippen molar-refractivity contribution < 1.29 is 14.7 Å². The molecule has 144 valence electrons. The SMILES string of the molecule is CNc1sc(C(=O)Nc2scc(-c3ccc(C)cc3)c2C(=O)O)cc1C(C)=N. The molecule has 0 bridgehead atoms. The lowest BCUT2D eigenvalue weighted by molar-refractivity contribution is 0.0699. The molecule has 0 atom stereocenters. The number of hydrogen-bond acceptors (Lipinski definition) is 6. The predicted octanol–water partition coefficient (Wildman–Crippen LogP) is 5.16. The highest BCUT2D eigenvalue weighted by Crippen LogP contribution is 2.37. The first-order valence-corrected chi connectivity index (χ1v) is 10.1. The lowest BCUT2D eigenvalue weighted by atomic mass is 10.0. The van der Waals surface area contributed by atoms with Crippen molar-refractivity contribution in [3.8, 4) is 11.1 Å². The molecule has 0 fully saturated rings. The van der Waals surface area contributed by atoms with Crippen molar-refractivity contribution in [2.75, 3.05) is 17.7 Å². The Balaban J connectivity index is 1.94. The summed E-state index contributed by atoms with van der Waals surface area (Å²) in [5.74, 6) is -1.49. The van der Waals surface area contributed by atoms with Gasteiger partial charge >= 0.3 is 5.97 Å². The second-order valence-corrected chi connectivity index (χ2v) is 8.14. The van der Waals surface area contributed by atoms with Crippen molar-refractivity contribution in [1.82, 2.24) is 0 Å². The number of rotatable bonds is 6. The molecule has 0 saturated carbocycles. The fraction of sp³-hybridized carbons (Fsp3) is 0.150. The van der Waals surface area contributed by atoms with Gasteiger partial charge in [0.25, 0.3) is 5.91 Å². The van der Waals surface area contributed by atoms with E-state index in [0.717, 1.165) is 16.1 Å². The standard InChI is InChI=1S/C20H19N3O3S2/c1-10-4-6-12(7-5-10)14-9-27-19(16(14)20(25)26)23-17(24)15-8-13(11(2)21)18(22-3)28-15/h4-9,21-22H,1-3H3,(H,23,24)(H,25,26). The molecule has 0 aliphatic heterocycles. The van der Waals surface area contributed by atoms with Crippen LogP contribution in [0.3, 0.4) is 0 Å². The summed E-state index contributed by atoms with van der Waals surface area (Å²) in [6.45, 7) is 3.62. The van der Waals surface area contributed by atoms with Crippen LogP contribution in [0, 0.1) is 12.3 Å². The van der Waals surface area contributed by atoms with Gasteiger partial charge in [-0.25, -0.2) is 4.79 Å². The van der Waals surface area contributed by atoms with E-state index in [-0.39, 0.29) is 5.56 Å². The number of carboxylic acid groups (broad SMARTS) is 1. The number of aromatic carboxylic acids is 1. The first-order chi connectivity index (χ1) is 13.3. The van der Waals surface area contributed by atoms with Gasteiger partial charge in [-0.2, -0.15) is 0 Å². The highest BCUT2D eigenvalue weighted by atomic mass is 32.1. The molecule has 3 rings (SSSR count). The van der Waals surface area contributed by atoms with E-state index in [1.807, 2.05) is 31.2 Å². The zero-order chi connectivity index (χ0) is 20.4. The monoisotopic (exact) mass is 413 g/mol. The third-order valence-electron chi connectivity index (χ3n) is 4.18. The normalized spacial score (nSPS) is 10.5. The number of amides is 1. The maximum absolute atomic E-state index is 12.7. The molecule has 2 aromatic heterocycles. The Kier molecular flexibility index (Phi) is 5.62. The third kappa shape index (κ3) is 3.83. The van der Waals surface area contributed by atoms with Gasteiger partial charge in [0, 0.05) is 29.3 Å². The minimum Gasteiger partial charge on any atom is -0.478 e. The number of hydrogen-bond donors (Lipinski definition) is 4. The van der Waals surface area contributed by atoms with Gasteiger partial charge in [-0.1, -0.05) is 29.8 Å². The average molecular weight is 414 g/mol. The highest BCUT2D eigenvalue weighted by molar-refractivity contribution is 7.19. The van der Waals surface area contributed by atoms with Crippen LogP contribution in [-0.2, 0) is 0 Å². The van der Waals surface area contributed by atoms with Gasteiger partial charge in [0.05, 0.1) is 9.88 Å². The van der Waals surface area contributed by atoms with Crippen LogP contribution < -0.4 is 10.6 Å².